The van der Waals surface area contributed by atoms with Crippen molar-refractivity contribution in [3.63, 3.8) is 0 Å². The van der Waals surface area contributed by atoms with E-state index in [-0.39, 0.29) is 13.0 Å². The van der Waals surface area contributed by atoms with E-state index in [2.05, 4.69) is 20.2 Å². The number of carboxylic acids is 1. The van der Waals surface area contributed by atoms with Gasteiger partial charge in [0.25, 0.3) is 5.89 Å². The lowest BCUT2D eigenvalue weighted by molar-refractivity contribution is -0.138. The van der Waals surface area contributed by atoms with Crippen molar-refractivity contribution in [2.24, 2.45) is 0 Å². The number of pyridine rings is 1. The number of furan rings is 1. The van der Waals surface area contributed by atoms with Crippen molar-refractivity contribution in [1.29, 1.82) is 0 Å². The van der Waals surface area contributed by atoms with E-state index < -0.39 is 11.9 Å². The standard InChI is InChI=1S/C22H22N4O6/c1-3-29-20-16(11-24-26-20)15(22(27)28)9-14-6-7-19(23-10-14)31-12-17-13(2)32-21(25-17)18-5-4-8-30-18/h4-8,10-11,15H,3,9,12H2,1-2H3,(H,24,26)(H,27,28). The van der Waals surface area contributed by atoms with Crippen LogP contribution in [0.1, 0.15) is 35.4 Å². The van der Waals surface area contributed by atoms with Crippen molar-refractivity contribution in [3.05, 3.63) is 65.5 Å². The average Bonchev–Trinajstić information content (AvgIpc) is 3.53. The fraction of sp³-hybridized carbons (Fsp3) is 0.273. The molecule has 4 aromatic heterocycles. The van der Waals surface area contributed by atoms with Crippen molar-refractivity contribution in [1.82, 2.24) is 20.2 Å². The van der Waals surface area contributed by atoms with Crippen molar-refractivity contribution in [2.45, 2.75) is 32.8 Å². The highest BCUT2D eigenvalue weighted by Gasteiger charge is 2.26. The van der Waals surface area contributed by atoms with Crippen molar-refractivity contribution in [2.75, 3.05) is 6.61 Å². The maximum atomic E-state index is 11.8. The van der Waals surface area contributed by atoms with E-state index in [1.807, 2.05) is 6.92 Å². The van der Waals surface area contributed by atoms with E-state index >= 15 is 0 Å². The lowest BCUT2D eigenvalue weighted by Gasteiger charge is -2.13. The molecule has 4 aromatic rings. The summed E-state index contributed by atoms with van der Waals surface area (Å²) in [6.45, 7) is 4.18. The predicted octanol–water partition coefficient (Wildman–Crippen LogP) is 3.75. The molecule has 0 spiro atoms. The van der Waals surface area contributed by atoms with Gasteiger partial charge in [-0.05, 0) is 38.0 Å². The predicted molar refractivity (Wildman–Crippen MR) is 111 cm³/mol. The number of hydrogen-bond acceptors (Lipinski definition) is 8. The Balaban J connectivity index is 1.41. The van der Waals surface area contributed by atoms with Gasteiger partial charge >= 0.3 is 5.97 Å². The first-order valence-corrected chi connectivity index (χ1v) is 10.0. The quantitative estimate of drug-likeness (QED) is 0.379. The van der Waals surface area contributed by atoms with E-state index in [1.54, 1.807) is 49.8 Å². The summed E-state index contributed by atoms with van der Waals surface area (Å²) in [6.07, 6.45) is 4.92. The lowest BCUT2D eigenvalue weighted by atomic mass is 9.95. The largest absolute Gasteiger partial charge is 0.481 e. The fourth-order valence-electron chi connectivity index (χ4n) is 3.18. The third-order valence-corrected chi connectivity index (χ3v) is 4.81. The van der Waals surface area contributed by atoms with Gasteiger partial charge < -0.3 is 23.4 Å². The molecular weight excluding hydrogens is 416 g/mol. The molecule has 166 valence electrons. The first-order valence-electron chi connectivity index (χ1n) is 10.0. The second-order valence-electron chi connectivity index (χ2n) is 6.97. The van der Waals surface area contributed by atoms with Gasteiger partial charge in [0.2, 0.25) is 11.8 Å². The average molecular weight is 438 g/mol. The Labute approximate surface area is 183 Å². The van der Waals surface area contributed by atoms with Crippen LogP contribution in [0.5, 0.6) is 11.8 Å². The molecule has 2 N–H and O–H groups in total. The van der Waals surface area contributed by atoms with Gasteiger partial charge in [0, 0.05) is 24.0 Å². The van der Waals surface area contributed by atoms with E-state index in [4.69, 9.17) is 18.3 Å². The molecular formula is C22H22N4O6. The summed E-state index contributed by atoms with van der Waals surface area (Å²) >= 11 is 0. The number of ether oxygens (including phenoxy) is 2. The number of aromatic amines is 1. The summed E-state index contributed by atoms with van der Waals surface area (Å²) in [5.74, 6) is 0.455. The Hall–Kier alpha value is -4.08. The molecule has 0 saturated carbocycles. The normalized spacial score (nSPS) is 11.9. The Morgan fingerprint density at radius 2 is 2.16 bits per heavy atom. The third-order valence-electron chi connectivity index (χ3n) is 4.81. The third kappa shape index (κ3) is 4.64. The van der Waals surface area contributed by atoms with E-state index in [9.17, 15) is 9.90 Å². The zero-order valence-corrected chi connectivity index (χ0v) is 17.6. The van der Waals surface area contributed by atoms with Gasteiger partial charge in [-0.1, -0.05) is 6.07 Å². The summed E-state index contributed by atoms with van der Waals surface area (Å²) in [7, 11) is 0. The molecule has 32 heavy (non-hydrogen) atoms. The molecule has 1 atom stereocenters. The molecule has 10 heteroatoms. The molecule has 0 bridgehead atoms. The number of nitrogens with zero attached hydrogens (tertiary/aromatic N) is 3. The van der Waals surface area contributed by atoms with E-state index in [0.717, 1.165) is 5.56 Å². The van der Waals surface area contributed by atoms with Crippen LogP contribution in [0.15, 0.2) is 51.8 Å². The van der Waals surface area contributed by atoms with Crippen LogP contribution in [0.2, 0.25) is 0 Å². The number of carbonyl (C=O) groups is 1. The van der Waals surface area contributed by atoms with Gasteiger partial charge in [0.1, 0.15) is 18.1 Å². The highest BCUT2D eigenvalue weighted by atomic mass is 16.5. The first-order chi connectivity index (χ1) is 15.5. The van der Waals surface area contributed by atoms with Crippen molar-refractivity contribution >= 4 is 5.97 Å². The number of oxazole rings is 1. The van der Waals surface area contributed by atoms with Crippen LogP contribution >= 0.6 is 0 Å². The number of aromatic nitrogens is 4. The van der Waals surface area contributed by atoms with Crippen LogP contribution in [-0.4, -0.2) is 37.8 Å². The minimum atomic E-state index is -0.971. The lowest BCUT2D eigenvalue weighted by Crippen LogP contribution is -2.15. The maximum Gasteiger partial charge on any atom is 0.311 e. The molecule has 0 radical (unpaired) electrons. The molecule has 0 amide bonds. The number of aryl methyl sites for hydroxylation is 1. The fourth-order valence-corrected chi connectivity index (χ4v) is 3.18. The second kappa shape index (κ2) is 9.38. The molecule has 0 aliphatic heterocycles. The zero-order chi connectivity index (χ0) is 22.5. The maximum absolute atomic E-state index is 11.8. The highest BCUT2D eigenvalue weighted by molar-refractivity contribution is 5.77. The molecule has 0 saturated heterocycles. The Kier molecular flexibility index (Phi) is 6.20. The SMILES string of the molecule is CCOc1n[nH]cc1C(Cc1ccc(OCc2nc(-c3ccco3)oc2C)nc1)C(=O)O. The van der Waals surface area contributed by atoms with E-state index in [0.29, 0.717) is 47.0 Å². The Bertz CT molecular complexity index is 1160. The van der Waals surface area contributed by atoms with Gasteiger partial charge in [0.15, 0.2) is 5.76 Å². The molecule has 4 heterocycles. The van der Waals surface area contributed by atoms with Crippen LogP contribution in [0.25, 0.3) is 11.7 Å². The van der Waals surface area contributed by atoms with Gasteiger partial charge in [0.05, 0.1) is 18.8 Å². The summed E-state index contributed by atoms with van der Waals surface area (Å²) in [5, 5.41) is 16.3. The van der Waals surface area contributed by atoms with Gasteiger partial charge in [-0.25, -0.2) is 9.97 Å². The molecule has 1 unspecified atom stereocenters. The number of rotatable bonds is 10. The molecule has 10 nitrogen and oxygen atoms in total. The second-order valence-corrected chi connectivity index (χ2v) is 6.97. The summed E-state index contributed by atoms with van der Waals surface area (Å²) < 4.78 is 22.0. The van der Waals surface area contributed by atoms with Gasteiger partial charge in [-0.15, -0.1) is 5.10 Å². The van der Waals surface area contributed by atoms with Gasteiger partial charge in [-0.3, -0.25) is 9.89 Å². The van der Waals surface area contributed by atoms with Crippen molar-refractivity contribution in [3.8, 4) is 23.4 Å². The summed E-state index contributed by atoms with van der Waals surface area (Å²) in [4.78, 5) is 20.5. The number of aliphatic carboxylic acids is 1. The molecule has 0 aromatic carbocycles. The minimum Gasteiger partial charge on any atom is -0.481 e. The Morgan fingerprint density at radius 3 is 2.84 bits per heavy atom. The smallest absolute Gasteiger partial charge is 0.311 e. The van der Waals surface area contributed by atoms with Crippen molar-refractivity contribution < 1.29 is 28.2 Å². The van der Waals surface area contributed by atoms with Gasteiger partial charge in [-0.2, -0.15) is 0 Å². The van der Waals surface area contributed by atoms with E-state index in [1.165, 1.54) is 0 Å². The molecule has 4 rings (SSSR count). The minimum absolute atomic E-state index is 0.173. The number of carboxylic acid groups (broad SMARTS) is 1. The molecule has 0 fully saturated rings. The monoisotopic (exact) mass is 438 g/mol. The molecule has 0 aliphatic carbocycles. The molecule has 0 aliphatic rings. The first kappa shape index (κ1) is 21.2. The number of hydrogen-bond donors (Lipinski definition) is 2. The summed E-state index contributed by atoms with van der Waals surface area (Å²) in [6, 6.07) is 7.00. The topological polar surface area (TPSA) is 136 Å². The van der Waals surface area contributed by atoms with Crippen LogP contribution in [0, 0.1) is 6.92 Å². The van der Waals surface area contributed by atoms with Crippen LogP contribution in [-0.2, 0) is 17.8 Å². The number of H-pyrrole nitrogens is 1. The van der Waals surface area contributed by atoms with Crippen LogP contribution in [0.3, 0.4) is 0 Å². The zero-order valence-electron chi connectivity index (χ0n) is 17.6. The highest BCUT2D eigenvalue weighted by Crippen LogP contribution is 2.28. The number of nitrogens with one attached hydrogen (secondary N) is 1. The Morgan fingerprint density at radius 1 is 1.28 bits per heavy atom. The summed E-state index contributed by atoms with van der Waals surface area (Å²) in [5.41, 5.74) is 1.87. The van der Waals surface area contributed by atoms with Crippen LogP contribution in [0.4, 0.5) is 0 Å². The van der Waals surface area contributed by atoms with Crippen LogP contribution < -0.4 is 9.47 Å².